The number of hydrogen-bond donors (Lipinski definition) is 2. The van der Waals surface area contributed by atoms with E-state index in [1.165, 1.54) is 0 Å². The van der Waals surface area contributed by atoms with E-state index in [9.17, 15) is 4.79 Å². The van der Waals surface area contributed by atoms with Gasteiger partial charge in [0.1, 0.15) is 5.82 Å². The zero-order valence-electron chi connectivity index (χ0n) is 12.6. The zero-order valence-corrected chi connectivity index (χ0v) is 14.1. The Hall–Kier alpha value is -1.82. The third kappa shape index (κ3) is 5.10. The summed E-state index contributed by atoms with van der Waals surface area (Å²) in [6.07, 6.45) is 2.31. The fraction of sp³-hybridized carbons (Fsp3) is 0.250. The molecule has 0 spiro atoms. The first-order valence-electron chi connectivity index (χ1n) is 7.06. The molecule has 0 aliphatic carbocycles. The van der Waals surface area contributed by atoms with Gasteiger partial charge in [0.15, 0.2) is 0 Å². The second kappa shape index (κ2) is 8.72. The third-order valence-electron chi connectivity index (χ3n) is 3.05. The van der Waals surface area contributed by atoms with Crippen LogP contribution in [-0.4, -0.2) is 31.2 Å². The molecule has 0 saturated heterocycles. The Bertz CT molecular complexity index is 660. The highest BCUT2D eigenvalue weighted by atomic mass is 35.5. The summed E-state index contributed by atoms with van der Waals surface area (Å²) in [5.41, 5.74) is 1.06. The van der Waals surface area contributed by atoms with Gasteiger partial charge in [-0.15, -0.1) is 0 Å². The number of rotatable bonds is 7. The number of nitrogens with one attached hydrogen (secondary N) is 2. The van der Waals surface area contributed by atoms with Crippen molar-refractivity contribution >= 4 is 40.6 Å². The van der Waals surface area contributed by atoms with E-state index < -0.39 is 0 Å². The first-order valence-corrected chi connectivity index (χ1v) is 7.81. The van der Waals surface area contributed by atoms with Gasteiger partial charge in [-0.1, -0.05) is 29.3 Å². The number of carbonyl (C=O) groups excluding carboxylic acids is 1. The van der Waals surface area contributed by atoms with E-state index in [0.717, 1.165) is 6.42 Å². The van der Waals surface area contributed by atoms with Crippen molar-refractivity contribution in [1.82, 2.24) is 10.3 Å². The minimum absolute atomic E-state index is 0.170. The van der Waals surface area contributed by atoms with Crippen LogP contribution in [0.1, 0.15) is 16.8 Å². The number of halogens is 2. The largest absolute Gasteiger partial charge is 0.385 e. The summed E-state index contributed by atoms with van der Waals surface area (Å²) in [5, 5.41) is 6.82. The van der Waals surface area contributed by atoms with E-state index in [0.29, 0.717) is 40.3 Å². The quantitative estimate of drug-likeness (QED) is 0.741. The maximum absolute atomic E-state index is 12.1. The normalized spacial score (nSPS) is 10.4. The van der Waals surface area contributed by atoms with Crippen molar-refractivity contribution in [3.05, 3.63) is 52.1 Å². The molecule has 0 saturated carbocycles. The van der Waals surface area contributed by atoms with Crippen LogP contribution in [0.15, 0.2) is 36.5 Å². The lowest BCUT2D eigenvalue weighted by atomic mass is 10.2. The summed E-state index contributed by atoms with van der Waals surface area (Å²) in [6, 6.07) is 8.49. The van der Waals surface area contributed by atoms with Crippen molar-refractivity contribution in [1.29, 1.82) is 0 Å². The topological polar surface area (TPSA) is 63.2 Å². The molecule has 1 heterocycles. The molecule has 0 atom stereocenters. The Morgan fingerprint density at radius 3 is 2.70 bits per heavy atom. The molecule has 0 radical (unpaired) electrons. The maximum Gasteiger partial charge on any atom is 0.251 e. The molecule has 0 unspecified atom stereocenters. The lowest BCUT2D eigenvalue weighted by Crippen LogP contribution is -2.25. The first kappa shape index (κ1) is 17.5. The Balaban J connectivity index is 2.06. The second-order valence-electron chi connectivity index (χ2n) is 4.75. The van der Waals surface area contributed by atoms with Crippen LogP contribution in [0.3, 0.4) is 0 Å². The molecule has 0 fully saturated rings. The number of aromatic nitrogens is 1. The molecule has 1 amide bonds. The minimum atomic E-state index is -0.170. The van der Waals surface area contributed by atoms with Crippen molar-refractivity contribution in [3.63, 3.8) is 0 Å². The molecule has 7 heteroatoms. The van der Waals surface area contributed by atoms with Crippen molar-refractivity contribution in [2.45, 2.75) is 6.42 Å². The van der Waals surface area contributed by atoms with Crippen LogP contribution in [-0.2, 0) is 4.74 Å². The monoisotopic (exact) mass is 353 g/mol. The summed E-state index contributed by atoms with van der Waals surface area (Å²) in [4.78, 5) is 16.3. The Labute approximate surface area is 145 Å². The fourth-order valence-electron chi connectivity index (χ4n) is 1.91. The Kier molecular flexibility index (Phi) is 6.65. The zero-order chi connectivity index (χ0) is 16.7. The predicted octanol–water partition coefficient (Wildman–Crippen LogP) is 3.90. The number of ether oxygens (including phenoxy) is 1. The standard InChI is InChI=1S/C16H17Cl2N3O2/c1-23-9-3-7-20-16(22)11-6-8-19-14(10-11)21-15-12(17)4-2-5-13(15)18/h2,4-6,8,10H,3,7,9H2,1H3,(H,19,21)(H,20,22). The number of benzene rings is 1. The van der Waals surface area contributed by atoms with Crippen LogP contribution in [0, 0.1) is 0 Å². The van der Waals surface area contributed by atoms with Crippen LogP contribution < -0.4 is 10.6 Å². The summed E-state index contributed by atoms with van der Waals surface area (Å²) in [7, 11) is 1.63. The van der Waals surface area contributed by atoms with E-state index in [-0.39, 0.29) is 5.91 Å². The number of methoxy groups -OCH3 is 1. The maximum atomic E-state index is 12.1. The first-order chi connectivity index (χ1) is 11.1. The van der Waals surface area contributed by atoms with E-state index in [1.807, 2.05) is 0 Å². The molecule has 2 rings (SSSR count). The SMILES string of the molecule is COCCCNC(=O)c1ccnc(Nc2c(Cl)cccc2Cl)c1. The highest BCUT2D eigenvalue weighted by Gasteiger charge is 2.09. The molecule has 1 aromatic carbocycles. The smallest absolute Gasteiger partial charge is 0.251 e. The van der Waals surface area contributed by atoms with Gasteiger partial charge in [0, 0.05) is 32.0 Å². The van der Waals surface area contributed by atoms with E-state index in [1.54, 1.807) is 43.6 Å². The van der Waals surface area contributed by atoms with Gasteiger partial charge in [-0.05, 0) is 30.7 Å². The summed E-state index contributed by atoms with van der Waals surface area (Å²) in [6.45, 7) is 1.16. The molecule has 2 N–H and O–H groups in total. The highest BCUT2D eigenvalue weighted by molar-refractivity contribution is 6.39. The van der Waals surface area contributed by atoms with Gasteiger partial charge in [-0.2, -0.15) is 0 Å². The molecular weight excluding hydrogens is 337 g/mol. The summed E-state index contributed by atoms with van der Waals surface area (Å²) < 4.78 is 4.94. The molecule has 1 aromatic heterocycles. The molecular formula is C16H17Cl2N3O2. The number of carbonyl (C=O) groups is 1. The number of anilines is 2. The van der Waals surface area contributed by atoms with Gasteiger partial charge in [0.05, 0.1) is 15.7 Å². The molecule has 0 bridgehead atoms. The van der Waals surface area contributed by atoms with Crippen molar-refractivity contribution < 1.29 is 9.53 Å². The van der Waals surface area contributed by atoms with Gasteiger partial charge >= 0.3 is 0 Å². The summed E-state index contributed by atoms with van der Waals surface area (Å²) in [5.74, 6) is 0.321. The fourth-order valence-corrected chi connectivity index (χ4v) is 2.40. The van der Waals surface area contributed by atoms with Gasteiger partial charge in [0.25, 0.3) is 5.91 Å². The van der Waals surface area contributed by atoms with E-state index in [4.69, 9.17) is 27.9 Å². The molecule has 2 aromatic rings. The van der Waals surface area contributed by atoms with Crippen LogP contribution >= 0.6 is 23.2 Å². The van der Waals surface area contributed by atoms with Gasteiger partial charge in [0.2, 0.25) is 0 Å². The van der Waals surface area contributed by atoms with Crippen LogP contribution in [0.2, 0.25) is 10.0 Å². The van der Waals surface area contributed by atoms with Crippen LogP contribution in [0.4, 0.5) is 11.5 Å². The van der Waals surface area contributed by atoms with Crippen LogP contribution in [0.5, 0.6) is 0 Å². The Morgan fingerprint density at radius 1 is 1.26 bits per heavy atom. The predicted molar refractivity (Wildman–Crippen MR) is 92.8 cm³/mol. The van der Waals surface area contributed by atoms with Crippen LogP contribution in [0.25, 0.3) is 0 Å². The number of hydrogen-bond acceptors (Lipinski definition) is 4. The van der Waals surface area contributed by atoms with Gasteiger partial charge in [-0.25, -0.2) is 4.98 Å². The molecule has 23 heavy (non-hydrogen) atoms. The molecule has 0 aliphatic heterocycles. The minimum Gasteiger partial charge on any atom is -0.385 e. The number of pyridine rings is 1. The van der Waals surface area contributed by atoms with Crippen molar-refractivity contribution in [2.24, 2.45) is 0 Å². The van der Waals surface area contributed by atoms with E-state index >= 15 is 0 Å². The lowest BCUT2D eigenvalue weighted by Gasteiger charge is -2.11. The molecule has 122 valence electrons. The van der Waals surface area contributed by atoms with Crippen molar-refractivity contribution in [3.8, 4) is 0 Å². The number of amides is 1. The Morgan fingerprint density at radius 2 is 2.00 bits per heavy atom. The third-order valence-corrected chi connectivity index (χ3v) is 3.68. The average molecular weight is 354 g/mol. The van der Waals surface area contributed by atoms with E-state index in [2.05, 4.69) is 15.6 Å². The number of nitrogens with zero attached hydrogens (tertiary/aromatic N) is 1. The molecule has 5 nitrogen and oxygen atoms in total. The lowest BCUT2D eigenvalue weighted by molar-refractivity contribution is 0.0948. The van der Waals surface area contributed by atoms with Crippen molar-refractivity contribution in [2.75, 3.05) is 25.6 Å². The number of para-hydroxylation sites is 1. The average Bonchev–Trinajstić information content (AvgIpc) is 2.55. The van der Waals surface area contributed by atoms with Gasteiger partial charge in [-0.3, -0.25) is 4.79 Å². The molecule has 0 aliphatic rings. The summed E-state index contributed by atoms with van der Waals surface area (Å²) >= 11 is 12.2. The highest BCUT2D eigenvalue weighted by Crippen LogP contribution is 2.32. The van der Waals surface area contributed by atoms with Gasteiger partial charge < -0.3 is 15.4 Å². The second-order valence-corrected chi connectivity index (χ2v) is 5.57.